The quantitative estimate of drug-likeness (QED) is 0.856. The molecule has 124 valence electrons. The number of halogens is 1. The summed E-state index contributed by atoms with van der Waals surface area (Å²) in [7, 11) is 0. The van der Waals surface area contributed by atoms with Crippen LogP contribution in [-0.4, -0.2) is 42.4 Å². The van der Waals surface area contributed by atoms with Crippen molar-refractivity contribution in [2.24, 2.45) is 0 Å². The van der Waals surface area contributed by atoms with Crippen molar-refractivity contribution < 1.29 is 9.84 Å². The first kappa shape index (κ1) is 17.7. The fourth-order valence-electron chi connectivity index (χ4n) is 2.93. The number of aliphatic hydroxyl groups excluding tert-OH is 1. The SMILES string of the molecule is C[C@H](OC[C@@H](O)CN1CCCCCCC1)c1ccc(Cl)cc1. The first-order valence-corrected chi connectivity index (χ1v) is 8.80. The molecule has 1 aliphatic heterocycles. The molecule has 0 aliphatic carbocycles. The van der Waals surface area contributed by atoms with Crippen LogP contribution >= 0.6 is 11.6 Å². The molecule has 4 heteroatoms. The molecule has 0 spiro atoms. The third-order valence-electron chi connectivity index (χ3n) is 4.30. The van der Waals surface area contributed by atoms with Crippen LogP contribution in [0.15, 0.2) is 24.3 Å². The molecular formula is C18H28ClNO2. The smallest absolute Gasteiger partial charge is 0.0900 e. The summed E-state index contributed by atoms with van der Waals surface area (Å²) >= 11 is 5.89. The Hall–Kier alpha value is -0.610. The maximum Gasteiger partial charge on any atom is 0.0900 e. The highest BCUT2D eigenvalue weighted by atomic mass is 35.5. The minimum Gasteiger partial charge on any atom is -0.389 e. The Morgan fingerprint density at radius 3 is 2.32 bits per heavy atom. The Balaban J connectivity index is 1.71. The molecule has 3 nitrogen and oxygen atoms in total. The van der Waals surface area contributed by atoms with Crippen LogP contribution in [-0.2, 0) is 4.74 Å². The summed E-state index contributed by atoms with van der Waals surface area (Å²) < 4.78 is 5.81. The molecule has 1 aromatic rings. The van der Waals surface area contributed by atoms with Crippen LogP contribution in [0.25, 0.3) is 0 Å². The van der Waals surface area contributed by atoms with E-state index in [1.807, 2.05) is 31.2 Å². The lowest BCUT2D eigenvalue weighted by Gasteiger charge is -2.27. The Morgan fingerprint density at radius 1 is 1.09 bits per heavy atom. The molecule has 22 heavy (non-hydrogen) atoms. The van der Waals surface area contributed by atoms with E-state index < -0.39 is 6.10 Å². The predicted octanol–water partition coefficient (Wildman–Crippen LogP) is 4.04. The number of hydrogen-bond donors (Lipinski definition) is 1. The molecule has 0 radical (unpaired) electrons. The summed E-state index contributed by atoms with van der Waals surface area (Å²) in [6.07, 6.45) is 6.03. The summed E-state index contributed by atoms with van der Waals surface area (Å²) in [4.78, 5) is 2.38. The van der Waals surface area contributed by atoms with Crippen molar-refractivity contribution in [3.63, 3.8) is 0 Å². The summed E-state index contributed by atoms with van der Waals surface area (Å²) in [5.41, 5.74) is 1.09. The van der Waals surface area contributed by atoms with Gasteiger partial charge < -0.3 is 14.7 Å². The van der Waals surface area contributed by atoms with E-state index >= 15 is 0 Å². The van der Waals surface area contributed by atoms with E-state index in [9.17, 15) is 5.11 Å². The summed E-state index contributed by atoms with van der Waals surface area (Å²) in [5, 5.41) is 10.9. The monoisotopic (exact) mass is 325 g/mol. The van der Waals surface area contributed by atoms with Gasteiger partial charge in [0.05, 0.1) is 18.8 Å². The van der Waals surface area contributed by atoms with Crippen LogP contribution in [0.4, 0.5) is 0 Å². The number of nitrogens with zero attached hydrogens (tertiary/aromatic N) is 1. The molecular weight excluding hydrogens is 298 g/mol. The largest absolute Gasteiger partial charge is 0.389 e. The Bertz CT molecular complexity index is 416. The van der Waals surface area contributed by atoms with Gasteiger partial charge in [-0.2, -0.15) is 0 Å². The average molecular weight is 326 g/mol. The van der Waals surface area contributed by atoms with E-state index in [0.29, 0.717) is 13.2 Å². The van der Waals surface area contributed by atoms with E-state index in [1.54, 1.807) is 0 Å². The van der Waals surface area contributed by atoms with E-state index in [-0.39, 0.29) is 6.10 Å². The van der Waals surface area contributed by atoms with Crippen LogP contribution in [0.5, 0.6) is 0 Å². The molecule has 1 saturated heterocycles. The maximum atomic E-state index is 10.2. The molecule has 1 fully saturated rings. The fraction of sp³-hybridized carbons (Fsp3) is 0.667. The van der Waals surface area contributed by atoms with E-state index in [1.165, 1.54) is 32.1 Å². The third-order valence-corrected chi connectivity index (χ3v) is 4.55. The van der Waals surface area contributed by atoms with Crippen LogP contribution in [0.2, 0.25) is 5.02 Å². The van der Waals surface area contributed by atoms with Crippen molar-refractivity contribution >= 4 is 11.6 Å². The zero-order valence-corrected chi connectivity index (χ0v) is 14.3. The number of ether oxygens (including phenoxy) is 1. The number of β-amino-alcohol motifs (C(OH)–C–C–N with tert-alkyl or cyclic N) is 1. The first-order chi connectivity index (χ1) is 10.6. The normalized spacial score (nSPS) is 20.1. The van der Waals surface area contributed by atoms with Crippen molar-refractivity contribution in [2.75, 3.05) is 26.2 Å². The lowest BCUT2D eigenvalue weighted by molar-refractivity contribution is -0.0164. The third kappa shape index (κ3) is 6.25. The van der Waals surface area contributed by atoms with E-state index in [2.05, 4.69) is 4.90 Å². The molecule has 0 aromatic heterocycles. The van der Waals surface area contributed by atoms with Crippen LogP contribution < -0.4 is 0 Å². The minimum atomic E-state index is -0.422. The second-order valence-electron chi connectivity index (χ2n) is 6.25. The minimum absolute atomic E-state index is 0.0285. The van der Waals surface area contributed by atoms with E-state index in [4.69, 9.17) is 16.3 Å². The molecule has 1 aromatic carbocycles. The highest BCUT2D eigenvalue weighted by molar-refractivity contribution is 6.30. The van der Waals surface area contributed by atoms with Crippen molar-refractivity contribution in [1.82, 2.24) is 4.90 Å². The summed E-state index contributed by atoms with van der Waals surface area (Å²) in [6, 6.07) is 7.68. The van der Waals surface area contributed by atoms with E-state index in [0.717, 1.165) is 23.7 Å². The lowest BCUT2D eigenvalue weighted by atomic mass is 10.1. The summed E-state index contributed by atoms with van der Waals surface area (Å²) in [6.45, 7) is 5.30. The van der Waals surface area contributed by atoms with Gasteiger partial charge in [-0.05, 0) is 50.6 Å². The fourth-order valence-corrected chi connectivity index (χ4v) is 3.06. The van der Waals surface area contributed by atoms with Crippen molar-refractivity contribution in [3.05, 3.63) is 34.9 Å². The molecule has 0 unspecified atom stereocenters. The number of benzene rings is 1. The summed E-state index contributed by atoms with van der Waals surface area (Å²) in [5.74, 6) is 0. The first-order valence-electron chi connectivity index (χ1n) is 8.42. The predicted molar refractivity (Wildman–Crippen MR) is 91.4 cm³/mol. The molecule has 1 aliphatic rings. The number of rotatable bonds is 6. The van der Waals surface area contributed by atoms with Gasteiger partial charge in [-0.3, -0.25) is 0 Å². The maximum absolute atomic E-state index is 10.2. The number of likely N-dealkylation sites (tertiary alicyclic amines) is 1. The molecule has 0 bridgehead atoms. The molecule has 2 atom stereocenters. The Labute approximate surface area is 139 Å². The van der Waals surface area contributed by atoms with Gasteiger partial charge in [0.25, 0.3) is 0 Å². The zero-order valence-electron chi connectivity index (χ0n) is 13.5. The Kier molecular flexibility index (Phi) is 7.67. The van der Waals surface area contributed by atoms with Crippen LogP contribution in [0.3, 0.4) is 0 Å². The van der Waals surface area contributed by atoms with Crippen molar-refractivity contribution in [1.29, 1.82) is 0 Å². The van der Waals surface area contributed by atoms with Crippen LogP contribution in [0, 0.1) is 0 Å². The van der Waals surface area contributed by atoms with Gasteiger partial charge in [0, 0.05) is 11.6 Å². The molecule has 2 rings (SSSR count). The second kappa shape index (κ2) is 9.51. The van der Waals surface area contributed by atoms with Gasteiger partial charge in [0.2, 0.25) is 0 Å². The van der Waals surface area contributed by atoms with Gasteiger partial charge in [-0.1, -0.05) is 43.0 Å². The second-order valence-corrected chi connectivity index (χ2v) is 6.69. The highest BCUT2D eigenvalue weighted by Gasteiger charge is 2.15. The van der Waals surface area contributed by atoms with Crippen molar-refractivity contribution in [2.45, 2.75) is 51.2 Å². The van der Waals surface area contributed by atoms with Gasteiger partial charge in [0.15, 0.2) is 0 Å². The Morgan fingerprint density at radius 2 is 1.68 bits per heavy atom. The zero-order chi connectivity index (χ0) is 15.8. The topological polar surface area (TPSA) is 32.7 Å². The number of aliphatic hydroxyl groups is 1. The molecule has 1 N–H and O–H groups in total. The van der Waals surface area contributed by atoms with Gasteiger partial charge in [-0.25, -0.2) is 0 Å². The average Bonchev–Trinajstić information content (AvgIpc) is 2.48. The highest BCUT2D eigenvalue weighted by Crippen LogP contribution is 2.19. The standard InChI is InChI=1S/C18H28ClNO2/c1-15(16-7-9-17(19)10-8-16)22-14-18(21)13-20-11-5-3-2-4-6-12-20/h7-10,15,18,21H,2-6,11-14H2,1H3/t15-,18-/m0/s1. The van der Waals surface area contributed by atoms with Crippen molar-refractivity contribution in [3.8, 4) is 0 Å². The molecule has 0 amide bonds. The molecule has 0 saturated carbocycles. The van der Waals surface area contributed by atoms with Gasteiger partial charge >= 0.3 is 0 Å². The molecule has 1 heterocycles. The van der Waals surface area contributed by atoms with Crippen LogP contribution in [0.1, 0.15) is 50.7 Å². The van der Waals surface area contributed by atoms with Gasteiger partial charge in [-0.15, -0.1) is 0 Å². The lowest BCUT2D eigenvalue weighted by Crippen LogP contribution is -2.37. The number of hydrogen-bond acceptors (Lipinski definition) is 3. The van der Waals surface area contributed by atoms with Gasteiger partial charge in [0.1, 0.15) is 0 Å².